The van der Waals surface area contributed by atoms with Gasteiger partial charge in [0.2, 0.25) is 5.82 Å². The topological polar surface area (TPSA) is 107 Å². The summed E-state index contributed by atoms with van der Waals surface area (Å²) in [5, 5.41) is 6.10. The average molecular weight is 581 g/mol. The van der Waals surface area contributed by atoms with Crippen molar-refractivity contribution in [3.8, 4) is 17.0 Å². The summed E-state index contributed by atoms with van der Waals surface area (Å²) in [5.74, 6) is -3.58. The van der Waals surface area contributed by atoms with Crippen LogP contribution in [0, 0.1) is 11.6 Å². The number of fused-ring (bicyclic) bond motifs is 1. The van der Waals surface area contributed by atoms with Gasteiger partial charge in [-0.2, -0.15) is 13.2 Å². The van der Waals surface area contributed by atoms with Crippen LogP contribution in [-0.4, -0.2) is 40.0 Å². The third-order valence-electron chi connectivity index (χ3n) is 6.13. The van der Waals surface area contributed by atoms with Crippen LogP contribution in [0.1, 0.15) is 42.1 Å². The summed E-state index contributed by atoms with van der Waals surface area (Å²) in [6.07, 6.45) is 7.64. The van der Waals surface area contributed by atoms with E-state index in [-0.39, 0.29) is 29.6 Å². The van der Waals surface area contributed by atoms with Gasteiger partial charge < -0.3 is 21.1 Å². The minimum absolute atomic E-state index is 0. The number of nitrogens with one attached hydrogen (secondary N) is 2. The lowest BCUT2D eigenvalue weighted by Gasteiger charge is -2.13. The molecule has 2 aromatic heterocycles. The van der Waals surface area contributed by atoms with Gasteiger partial charge in [-0.15, -0.1) is 12.4 Å². The molecular weight excluding hydrogens is 552 g/mol. The fourth-order valence-electron chi connectivity index (χ4n) is 4.19. The minimum atomic E-state index is -3.29. The Morgan fingerprint density at radius 2 is 1.90 bits per heavy atom. The maximum atomic E-state index is 14.8. The van der Waals surface area contributed by atoms with E-state index in [0.29, 0.717) is 42.2 Å². The molecule has 0 bridgehead atoms. The maximum absolute atomic E-state index is 14.8. The van der Waals surface area contributed by atoms with Gasteiger partial charge in [0.15, 0.2) is 23.0 Å². The number of benzene rings is 2. The number of carbonyl (C=O) groups is 1. The Hall–Kier alpha value is -3.90. The van der Waals surface area contributed by atoms with Gasteiger partial charge in [0.25, 0.3) is 5.91 Å². The highest BCUT2D eigenvalue weighted by Gasteiger charge is 2.21. The molecule has 214 valence electrons. The van der Waals surface area contributed by atoms with Gasteiger partial charge in [0, 0.05) is 35.8 Å². The second-order valence-electron chi connectivity index (χ2n) is 8.69. The zero-order valence-electron chi connectivity index (χ0n) is 21.6. The number of nitrogens with zero attached hydrogens (tertiary/aromatic N) is 3. The highest BCUT2D eigenvalue weighted by atomic mass is 35.5. The molecule has 0 aliphatic heterocycles. The lowest BCUT2D eigenvalue weighted by atomic mass is 10.0. The second-order valence-corrected chi connectivity index (χ2v) is 8.69. The molecule has 0 aliphatic carbocycles. The summed E-state index contributed by atoms with van der Waals surface area (Å²) in [4.78, 5) is 21.3. The Morgan fingerprint density at radius 1 is 1.10 bits per heavy atom. The summed E-state index contributed by atoms with van der Waals surface area (Å²) in [5.41, 5.74) is 7.88. The van der Waals surface area contributed by atoms with Crippen LogP contribution in [-0.2, 0) is 6.42 Å². The molecule has 0 fully saturated rings. The van der Waals surface area contributed by atoms with Crippen molar-refractivity contribution in [3.05, 3.63) is 71.7 Å². The van der Waals surface area contributed by atoms with Crippen molar-refractivity contribution in [2.75, 3.05) is 18.4 Å². The predicted molar refractivity (Wildman–Crippen MR) is 147 cm³/mol. The third-order valence-corrected chi connectivity index (χ3v) is 6.13. The van der Waals surface area contributed by atoms with Crippen molar-refractivity contribution in [2.45, 2.75) is 39.2 Å². The predicted octanol–water partition coefficient (Wildman–Crippen LogP) is 5.86. The molecule has 1 amide bonds. The van der Waals surface area contributed by atoms with Gasteiger partial charge in [-0.1, -0.05) is 13.3 Å². The first-order valence-electron chi connectivity index (χ1n) is 12.5. The smallest absolute Gasteiger partial charge is 0.387 e. The summed E-state index contributed by atoms with van der Waals surface area (Å²) in [7, 11) is 0. The molecule has 0 atom stereocenters. The lowest BCUT2D eigenvalue weighted by molar-refractivity contribution is -0.0525. The summed E-state index contributed by atoms with van der Waals surface area (Å²) < 4.78 is 59.6. The number of alkyl halides is 2. The first-order chi connectivity index (χ1) is 18.8. The summed E-state index contributed by atoms with van der Waals surface area (Å²) >= 11 is 0. The molecule has 0 spiro atoms. The van der Waals surface area contributed by atoms with Crippen molar-refractivity contribution in [1.29, 1.82) is 0 Å². The normalized spacial score (nSPS) is 11.0. The molecule has 4 aromatic rings. The van der Waals surface area contributed by atoms with Crippen LogP contribution in [0.3, 0.4) is 0 Å². The maximum Gasteiger partial charge on any atom is 0.387 e. The van der Waals surface area contributed by atoms with Crippen LogP contribution in [0.4, 0.5) is 29.1 Å². The van der Waals surface area contributed by atoms with Gasteiger partial charge in [-0.25, -0.2) is 14.4 Å². The third kappa shape index (κ3) is 6.80. The standard InChI is InChI=1S/C27H28F4N6O2.ClH/c1-2-16-14-17(6-7-18(16)26(38)34-11-5-3-4-10-32)36-24-25-35-15-20(37(25)13-12-33-24)19-8-9-21(39-27(30)31)23(29)22(19)28;/h6-9,12-15,27H,2-5,10-11,32H2,1H3,(H,33,36)(H,34,38);1H. The highest BCUT2D eigenvalue weighted by molar-refractivity contribution is 5.96. The number of hydrogen-bond acceptors (Lipinski definition) is 6. The molecule has 40 heavy (non-hydrogen) atoms. The van der Waals surface area contributed by atoms with E-state index in [4.69, 9.17) is 5.73 Å². The minimum Gasteiger partial charge on any atom is -0.432 e. The number of nitrogens with two attached hydrogens (primary N) is 1. The van der Waals surface area contributed by atoms with Crippen LogP contribution in [0.15, 0.2) is 48.9 Å². The second kappa shape index (κ2) is 13.9. The van der Waals surface area contributed by atoms with Crippen LogP contribution < -0.4 is 21.1 Å². The fraction of sp³-hybridized carbons (Fsp3) is 0.296. The number of halogens is 5. The lowest BCUT2D eigenvalue weighted by Crippen LogP contribution is -2.25. The van der Waals surface area contributed by atoms with Gasteiger partial charge in [-0.3, -0.25) is 9.20 Å². The van der Waals surface area contributed by atoms with Crippen LogP contribution in [0.2, 0.25) is 0 Å². The van der Waals surface area contributed by atoms with Gasteiger partial charge in [0.1, 0.15) is 0 Å². The van der Waals surface area contributed by atoms with E-state index >= 15 is 0 Å². The molecule has 0 saturated heterocycles. The van der Waals surface area contributed by atoms with E-state index in [9.17, 15) is 22.4 Å². The van der Waals surface area contributed by atoms with E-state index in [1.807, 2.05) is 13.0 Å². The van der Waals surface area contributed by atoms with Crippen LogP contribution in [0.25, 0.3) is 16.9 Å². The Labute approximate surface area is 234 Å². The number of rotatable bonds is 12. The van der Waals surface area contributed by atoms with Crippen LogP contribution in [0.5, 0.6) is 5.75 Å². The highest BCUT2D eigenvalue weighted by Crippen LogP contribution is 2.32. The zero-order chi connectivity index (χ0) is 27.9. The molecular formula is C27H29ClF4N6O2. The largest absolute Gasteiger partial charge is 0.432 e. The molecule has 0 saturated carbocycles. The van der Waals surface area contributed by atoms with E-state index in [1.165, 1.54) is 23.0 Å². The Balaban J connectivity index is 0.00000441. The van der Waals surface area contributed by atoms with Crippen molar-refractivity contribution < 1.29 is 27.1 Å². The van der Waals surface area contributed by atoms with E-state index in [2.05, 4.69) is 25.3 Å². The van der Waals surface area contributed by atoms with Gasteiger partial charge in [-0.05, 0) is 61.7 Å². The molecule has 0 aliphatic rings. The number of ether oxygens (including phenoxy) is 1. The molecule has 13 heteroatoms. The molecule has 8 nitrogen and oxygen atoms in total. The van der Waals surface area contributed by atoms with Crippen molar-refractivity contribution in [1.82, 2.24) is 19.7 Å². The number of hydrogen-bond donors (Lipinski definition) is 3. The van der Waals surface area contributed by atoms with E-state index in [1.54, 1.807) is 12.1 Å². The molecule has 0 radical (unpaired) electrons. The summed E-state index contributed by atoms with van der Waals surface area (Å²) in [6, 6.07) is 7.39. The Bertz CT molecular complexity index is 1470. The number of imidazole rings is 1. The first kappa shape index (κ1) is 30.6. The zero-order valence-corrected chi connectivity index (χ0v) is 22.4. The van der Waals surface area contributed by atoms with Crippen LogP contribution >= 0.6 is 12.4 Å². The SMILES string of the molecule is CCc1cc(Nc2nccn3c(-c4ccc(OC(F)F)c(F)c4F)cnc23)ccc1C(=O)NCCCCCN.Cl. The molecule has 2 aromatic carbocycles. The Morgan fingerprint density at radius 3 is 2.62 bits per heavy atom. The number of unbranched alkanes of at least 4 members (excludes halogenated alkanes) is 2. The Kier molecular flexibility index (Phi) is 10.7. The van der Waals surface area contributed by atoms with E-state index < -0.39 is 24.0 Å². The number of amides is 1. The molecule has 2 heterocycles. The first-order valence-corrected chi connectivity index (χ1v) is 12.5. The number of carbonyl (C=O) groups excluding carboxylic acids is 1. The number of aromatic nitrogens is 3. The molecule has 4 N–H and O–H groups in total. The molecule has 4 rings (SSSR count). The van der Waals surface area contributed by atoms with Gasteiger partial charge in [0.05, 0.1) is 11.9 Å². The number of aryl methyl sites for hydroxylation is 1. The quantitative estimate of drug-likeness (QED) is 0.143. The monoisotopic (exact) mass is 580 g/mol. The van der Waals surface area contributed by atoms with Crippen molar-refractivity contribution >= 4 is 35.5 Å². The summed E-state index contributed by atoms with van der Waals surface area (Å²) in [6.45, 7) is -0.138. The van der Waals surface area contributed by atoms with E-state index in [0.717, 1.165) is 37.0 Å². The fourth-order valence-corrected chi connectivity index (χ4v) is 4.19. The van der Waals surface area contributed by atoms with Gasteiger partial charge >= 0.3 is 6.61 Å². The van der Waals surface area contributed by atoms with Crippen molar-refractivity contribution in [2.24, 2.45) is 5.73 Å². The number of anilines is 2. The molecule has 0 unspecified atom stereocenters. The average Bonchev–Trinajstić information content (AvgIpc) is 3.36. The van der Waals surface area contributed by atoms with Crippen molar-refractivity contribution in [3.63, 3.8) is 0 Å².